The van der Waals surface area contributed by atoms with Crippen LogP contribution in [0.25, 0.3) is 23.2 Å². The van der Waals surface area contributed by atoms with E-state index in [4.69, 9.17) is 0 Å². The topological polar surface area (TPSA) is 47.3 Å². The van der Waals surface area contributed by atoms with Gasteiger partial charge in [0.1, 0.15) is 5.82 Å². The molecule has 0 amide bonds. The Labute approximate surface area is 160 Å². The molecule has 0 aliphatic carbocycles. The maximum absolute atomic E-state index is 12.9. The number of rotatable bonds is 3. The van der Waals surface area contributed by atoms with Crippen molar-refractivity contribution in [3.05, 3.63) is 90.7 Å². The van der Waals surface area contributed by atoms with Crippen molar-refractivity contribution in [2.75, 3.05) is 0 Å². The average Bonchev–Trinajstić information content (AvgIpc) is 3.14. The van der Waals surface area contributed by atoms with E-state index in [0.717, 1.165) is 15.6 Å². The molecule has 0 atom stereocenters. The predicted octanol–water partition coefficient (Wildman–Crippen LogP) is 3.77. The van der Waals surface area contributed by atoms with E-state index in [1.54, 1.807) is 24.3 Å². The summed E-state index contributed by atoms with van der Waals surface area (Å²) in [6.07, 6.45) is 5.30. The summed E-state index contributed by atoms with van der Waals surface area (Å²) in [4.78, 5) is 17.4. The van der Waals surface area contributed by atoms with Crippen LogP contribution in [0.4, 0.5) is 4.39 Å². The highest BCUT2D eigenvalue weighted by Crippen LogP contribution is 2.12. The fourth-order valence-electron chi connectivity index (χ4n) is 2.41. The van der Waals surface area contributed by atoms with E-state index in [-0.39, 0.29) is 11.4 Å². The van der Waals surface area contributed by atoms with Gasteiger partial charge < -0.3 is 0 Å². The lowest BCUT2D eigenvalue weighted by Gasteiger charge is -1.92. The van der Waals surface area contributed by atoms with Gasteiger partial charge in [-0.3, -0.25) is 4.79 Å². The van der Waals surface area contributed by atoms with Crippen molar-refractivity contribution in [2.24, 2.45) is 0 Å². The van der Waals surface area contributed by atoms with Crippen LogP contribution >= 0.6 is 27.3 Å². The van der Waals surface area contributed by atoms with Crippen LogP contribution in [0.1, 0.15) is 17.0 Å². The van der Waals surface area contributed by atoms with Gasteiger partial charge in [0.15, 0.2) is 5.82 Å². The van der Waals surface area contributed by atoms with Gasteiger partial charge in [-0.15, -0.1) is 5.10 Å². The second kappa shape index (κ2) is 6.93. The summed E-state index contributed by atoms with van der Waals surface area (Å²) in [5.74, 6) is 0.152. The molecule has 2 aromatic heterocycles. The Hall–Kier alpha value is -2.64. The average molecular weight is 428 g/mol. The highest BCUT2D eigenvalue weighted by Gasteiger charge is 2.08. The molecule has 0 saturated heterocycles. The second-order valence-electron chi connectivity index (χ2n) is 5.52. The monoisotopic (exact) mass is 427 g/mol. The summed E-state index contributed by atoms with van der Waals surface area (Å²) < 4.78 is 15.7. The third-order valence-corrected chi connectivity index (χ3v) is 5.09. The van der Waals surface area contributed by atoms with Crippen molar-refractivity contribution in [1.82, 2.24) is 14.6 Å². The molecule has 128 valence electrons. The standard InChI is InChI=1S/C19H11BrFN3OS/c20-14-3-1-2-13(10-14)11-16-18(25)24-19(26-16)22-17(23-24)9-6-12-4-7-15(21)8-5-12/h1-11H/b9-6+,16-11+. The molecule has 2 aromatic carbocycles. The Balaban J connectivity index is 1.67. The summed E-state index contributed by atoms with van der Waals surface area (Å²) in [6.45, 7) is 0. The number of benzene rings is 2. The highest BCUT2D eigenvalue weighted by atomic mass is 79.9. The highest BCUT2D eigenvalue weighted by molar-refractivity contribution is 9.10. The van der Waals surface area contributed by atoms with E-state index >= 15 is 0 Å². The Kier molecular flexibility index (Phi) is 4.48. The first-order valence-electron chi connectivity index (χ1n) is 7.69. The van der Waals surface area contributed by atoms with E-state index in [0.29, 0.717) is 15.3 Å². The number of halogens is 2. The molecule has 0 N–H and O–H groups in total. The summed E-state index contributed by atoms with van der Waals surface area (Å²) in [7, 11) is 0. The minimum absolute atomic E-state index is 0.195. The van der Waals surface area contributed by atoms with Crippen LogP contribution < -0.4 is 10.1 Å². The molecule has 26 heavy (non-hydrogen) atoms. The first-order valence-corrected chi connectivity index (χ1v) is 9.30. The smallest absolute Gasteiger partial charge is 0.266 e. The Morgan fingerprint density at radius 1 is 1.08 bits per heavy atom. The quantitative estimate of drug-likeness (QED) is 0.499. The Morgan fingerprint density at radius 2 is 1.88 bits per heavy atom. The first kappa shape index (κ1) is 16.8. The largest absolute Gasteiger partial charge is 0.291 e. The van der Waals surface area contributed by atoms with Crippen LogP contribution in [0.5, 0.6) is 0 Å². The number of hydrogen-bond donors (Lipinski definition) is 0. The zero-order valence-electron chi connectivity index (χ0n) is 13.3. The van der Waals surface area contributed by atoms with Gasteiger partial charge >= 0.3 is 0 Å². The lowest BCUT2D eigenvalue weighted by molar-refractivity contribution is 0.628. The second-order valence-corrected chi connectivity index (χ2v) is 7.44. The molecule has 0 fully saturated rings. The number of aromatic nitrogens is 3. The molecule has 2 heterocycles. The fourth-order valence-corrected chi connectivity index (χ4v) is 3.74. The number of hydrogen-bond acceptors (Lipinski definition) is 4. The fraction of sp³-hybridized carbons (Fsp3) is 0. The van der Waals surface area contributed by atoms with Crippen LogP contribution in [0.15, 0.2) is 57.8 Å². The van der Waals surface area contributed by atoms with Crippen LogP contribution in [0, 0.1) is 5.82 Å². The van der Waals surface area contributed by atoms with E-state index in [2.05, 4.69) is 26.0 Å². The molecular weight excluding hydrogens is 417 g/mol. The number of thiazole rings is 1. The molecule has 0 spiro atoms. The third-order valence-electron chi connectivity index (χ3n) is 3.64. The van der Waals surface area contributed by atoms with Crippen molar-refractivity contribution in [1.29, 1.82) is 0 Å². The SMILES string of the molecule is O=c1/c(=C\c2cccc(Br)c2)sc2nc(/C=C/c3ccc(F)cc3)nn12. The van der Waals surface area contributed by atoms with Crippen molar-refractivity contribution in [3.63, 3.8) is 0 Å². The molecule has 0 aliphatic heterocycles. The van der Waals surface area contributed by atoms with Gasteiger partial charge in [-0.2, -0.15) is 9.50 Å². The molecule has 7 heteroatoms. The zero-order chi connectivity index (χ0) is 18.1. The van der Waals surface area contributed by atoms with Gasteiger partial charge in [-0.05, 0) is 47.5 Å². The molecule has 0 radical (unpaired) electrons. The van der Waals surface area contributed by atoms with Crippen LogP contribution in [0.3, 0.4) is 0 Å². The first-order chi connectivity index (χ1) is 12.6. The summed E-state index contributed by atoms with van der Waals surface area (Å²) >= 11 is 4.71. The van der Waals surface area contributed by atoms with Crippen molar-refractivity contribution in [3.8, 4) is 0 Å². The molecule has 0 bridgehead atoms. The van der Waals surface area contributed by atoms with Gasteiger partial charge in [-0.1, -0.05) is 57.6 Å². The minimum Gasteiger partial charge on any atom is -0.266 e. The van der Waals surface area contributed by atoms with Crippen LogP contribution in [-0.2, 0) is 0 Å². The zero-order valence-corrected chi connectivity index (χ0v) is 15.7. The molecule has 0 saturated carbocycles. The third kappa shape index (κ3) is 3.49. The van der Waals surface area contributed by atoms with E-state index in [1.165, 1.54) is 28.0 Å². The van der Waals surface area contributed by atoms with Gasteiger partial charge in [0, 0.05) is 4.47 Å². The molecule has 4 nitrogen and oxygen atoms in total. The van der Waals surface area contributed by atoms with E-state index in [1.807, 2.05) is 30.3 Å². The lowest BCUT2D eigenvalue weighted by atomic mass is 10.2. The van der Waals surface area contributed by atoms with Gasteiger partial charge in [0.25, 0.3) is 5.56 Å². The predicted molar refractivity (Wildman–Crippen MR) is 105 cm³/mol. The Bertz CT molecular complexity index is 1230. The van der Waals surface area contributed by atoms with Crippen molar-refractivity contribution in [2.45, 2.75) is 0 Å². The Morgan fingerprint density at radius 3 is 2.62 bits per heavy atom. The summed E-state index contributed by atoms with van der Waals surface area (Å²) in [5, 5.41) is 4.24. The molecule has 0 unspecified atom stereocenters. The van der Waals surface area contributed by atoms with Crippen molar-refractivity contribution < 1.29 is 4.39 Å². The molecule has 0 aliphatic rings. The molecule has 4 rings (SSSR count). The van der Waals surface area contributed by atoms with E-state index in [9.17, 15) is 9.18 Å². The van der Waals surface area contributed by atoms with Gasteiger partial charge in [0.2, 0.25) is 4.96 Å². The minimum atomic E-state index is -0.284. The van der Waals surface area contributed by atoms with Crippen LogP contribution in [-0.4, -0.2) is 14.6 Å². The van der Waals surface area contributed by atoms with Gasteiger partial charge in [0.05, 0.1) is 4.53 Å². The maximum atomic E-state index is 12.9. The van der Waals surface area contributed by atoms with Gasteiger partial charge in [-0.25, -0.2) is 4.39 Å². The normalized spacial score (nSPS) is 12.5. The molecular formula is C19H11BrFN3OS. The number of nitrogens with zero attached hydrogens (tertiary/aromatic N) is 3. The lowest BCUT2D eigenvalue weighted by Crippen LogP contribution is -2.23. The van der Waals surface area contributed by atoms with Crippen LogP contribution in [0.2, 0.25) is 0 Å². The molecule has 4 aromatic rings. The summed E-state index contributed by atoms with van der Waals surface area (Å²) in [6, 6.07) is 13.8. The van der Waals surface area contributed by atoms with E-state index < -0.39 is 0 Å². The maximum Gasteiger partial charge on any atom is 0.291 e. The van der Waals surface area contributed by atoms with Crippen molar-refractivity contribution >= 4 is 50.5 Å². The number of fused-ring (bicyclic) bond motifs is 1. The summed E-state index contributed by atoms with van der Waals surface area (Å²) in [5.41, 5.74) is 1.56.